The largest absolute Gasteiger partial charge is 0.396 e. The zero-order valence-corrected chi connectivity index (χ0v) is 12.3. The summed E-state index contributed by atoms with van der Waals surface area (Å²) in [5.74, 6) is -0.241. The van der Waals surface area contributed by atoms with E-state index < -0.39 is 0 Å². The Labute approximate surface area is 128 Å². The van der Waals surface area contributed by atoms with E-state index in [1.54, 1.807) is 6.07 Å². The quantitative estimate of drug-likeness (QED) is 0.862. The second kappa shape index (κ2) is 7.76. The van der Waals surface area contributed by atoms with Gasteiger partial charge in [-0.2, -0.15) is 0 Å². The molecule has 21 heavy (non-hydrogen) atoms. The van der Waals surface area contributed by atoms with Crippen LogP contribution in [0.3, 0.4) is 0 Å². The summed E-state index contributed by atoms with van der Waals surface area (Å²) in [4.78, 5) is 16.2. The number of carbonyl (C=O) groups excluding carboxylic acids is 1. The smallest absolute Gasteiger partial charge is 0.253 e. The molecular formula is C16H17ClN2O2. The maximum absolute atomic E-state index is 12.3. The fraction of sp³-hybridized carbons (Fsp3) is 0.250. The molecule has 1 amide bonds. The van der Waals surface area contributed by atoms with Crippen molar-refractivity contribution in [3.8, 4) is 0 Å². The number of benzene rings is 1. The predicted octanol–water partition coefficient (Wildman–Crippen LogP) is 2.98. The first-order valence-corrected chi connectivity index (χ1v) is 7.16. The van der Waals surface area contributed by atoms with Crippen molar-refractivity contribution in [2.24, 2.45) is 0 Å². The van der Waals surface area contributed by atoms with Crippen molar-refractivity contribution in [1.29, 1.82) is 0 Å². The minimum absolute atomic E-state index is 0.0925. The molecule has 0 spiro atoms. The molecule has 2 aromatic rings. The van der Waals surface area contributed by atoms with E-state index in [2.05, 4.69) is 10.3 Å². The first kappa shape index (κ1) is 15.5. The van der Waals surface area contributed by atoms with E-state index >= 15 is 0 Å². The molecule has 1 atom stereocenters. The van der Waals surface area contributed by atoms with E-state index in [0.717, 1.165) is 5.56 Å². The van der Waals surface area contributed by atoms with Crippen LogP contribution in [0.1, 0.15) is 34.8 Å². The third kappa shape index (κ3) is 4.28. The van der Waals surface area contributed by atoms with Crippen molar-refractivity contribution in [3.05, 3.63) is 64.9 Å². The monoisotopic (exact) mass is 304 g/mol. The second-order valence-corrected chi connectivity index (χ2v) is 5.07. The molecule has 2 rings (SSSR count). The lowest BCUT2D eigenvalue weighted by Gasteiger charge is -2.19. The molecule has 0 radical (unpaired) electrons. The first-order valence-electron chi connectivity index (χ1n) is 6.78. The Morgan fingerprint density at radius 2 is 2.05 bits per heavy atom. The number of carbonyl (C=O) groups is 1. The highest BCUT2D eigenvalue weighted by Gasteiger charge is 2.17. The third-order valence-electron chi connectivity index (χ3n) is 3.18. The lowest BCUT2D eigenvalue weighted by atomic mass is 10.0. The molecule has 0 aliphatic carbocycles. The molecule has 0 saturated heterocycles. The van der Waals surface area contributed by atoms with Gasteiger partial charge in [0.15, 0.2) is 0 Å². The second-order valence-electron chi connectivity index (χ2n) is 4.66. The van der Waals surface area contributed by atoms with Gasteiger partial charge in [-0.25, -0.2) is 0 Å². The van der Waals surface area contributed by atoms with Gasteiger partial charge in [0.25, 0.3) is 5.91 Å². The normalized spacial score (nSPS) is 11.9. The fourth-order valence-corrected chi connectivity index (χ4v) is 2.30. The zero-order chi connectivity index (χ0) is 15.1. The Morgan fingerprint density at radius 3 is 2.71 bits per heavy atom. The summed E-state index contributed by atoms with van der Waals surface area (Å²) in [6, 6.07) is 11.1. The molecule has 0 saturated carbocycles. The van der Waals surface area contributed by atoms with Crippen LogP contribution >= 0.6 is 11.6 Å². The summed E-state index contributed by atoms with van der Waals surface area (Å²) >= 11 is 5.99. The highest BCUT2D eigenvalue weighted by atomic mass is 35.5. The summed E-state index contributed by atoms with van der Waals surface area (Å²) < 4.78 is 0. The van der Waals surface area contributed by atoms with Crippen molar-refractivity contribution < 1.29 is 9.90 Å². The van der Waals surface area contributed by atoms with Crippen molar-refractivity contribution in [1.82, 2.24) is 10.3 Å². The Hall–Kier alpha value is -1.91. The van der Waals surface area contributed by atoms with E-state index in [1.165, 1.54) is 12.4 Å². The van der Waals surface area contributed by atoms with Crippen LogP contribution < -0.4 is 5.32 Å². The number of nitrogens with one attached hydrogen (secondary N) is 1. The molecule has 2 N–H and O–H groups in total. The van der Waals surface area contributed by atoms with E-state index in [0.29, 0.717) is 23.4 Å². The van der Waals surface area contributed by atoms with Gasteiger partial charge < -0.3 is 10.4 Å². The lowest BCUT2D eigenvalue weighted by Crippen LogP contribution is -2.29. The fourth-order valence-electron chi connectivity index (χ4n) is 2.10. The summed E-state index contributed by atoms with van der Waals surface area (Å²) in [7, 11) is 0. The van der Waals surface area contributed by atoms with Crippen molar-refractivity contribution >= 4 is 17.5 Å². The minimum Gasteiger partial charge on any atom is -0.396 e. The SMILES string of the molecule is O=C(N[C@H](CCCO)c1ccccc1)c1ccncc1Cl. The van der Waals surface area contributed by atoms with Gasteiger partial charge in [0, 0.05) is 19.0 Å². The van der Waals surface area contributed by atoms with Crippen LogP contribution in [0.4, 0.5) is 0 Å². The van der Waals surface area contributed by atoms with Crippen LogP contribution in [0.5, 0.6) is 0 Å². The van der Waals surface area contributed by atoms with Crippen molar-refractivity contribution in [2.75, 3.05) is 6.61 Å². The topological polar surface area (TPSA) is 62.2 Å². The first-order chi connectivity index (χ1) is 10.2. The van der Waals surface area contributed by atoms with E-state index in [1.807, 2.05) is 30.3 Å². The average molecular weight is 305 g/mol. The number of aromatic nitrogens is 1. The molecule has 0 fully saturated rings. The summed E-state index contributed by atoms with van der Waals surface area (Å²) in [6.45, 7) is 0.0925. The van der Waals surface area contributed by atoms with Gasteiger partial charge in [0.05, 0.1) is 16.6 Å². The number of hydrogen-bond donors (Lipinski definition) is 2. The molecule has 1 aromatic heterocycles. The Balaban J connectivity index is 2.15. The molecule has 1 aromatic carbocycles. The summed E-state index contributed by atoms with van der Waals surface area (Å²) in [5, 5.41) is 12.3. The van der Waals surface area contributed by atoms with Crippen molar-refractivity contribution in [2.45, 2.75) is 18.9 Å². The van der Waals surface area contributed by atoms with Gasteiger partial charge in [-0.3, -0.25) is 9.78 Å². The maximum Gasteiger partial charge on any atom is 0.253 e. The van der Waals surface area contributed by atoms with E-state index in [9.17, 15) is 4.79 Å². The molecule has 0 bridgehead atoms. The predicted molar refractivity (Wildman–Crippen MR) is 82.2 cm³/mol. The van der Waals surface area contributed by atoms with Crippen molar-refractivity contribution in [3.63, 3.8) is 0 Å². The molecule has 4 nitrogen and oxygen atoms in total. The number of hydrogen-bond acceptors (Lipinski definition) is 3. The minimum atomic E-state index is -0.241. The molecule has 5 heteroatoms. The van der Waals surface area contributed by atoms with Gasteiger partial charge >= 0.3 is 0 Å². The van der Waals surface area contributed by atoms with Gasteiger partial charge in [0.1, 0.15) is 0 Å². The molecule has 1 heterocycles. The maximum atomic E-state index is 12.3. The van der Waals surface area contributed by atoms with E-state index in [-0.39, 0.29) is 18.6 Å². The Morgan fingerprint density at radius 1 is 1.29 bits per heavy atom. The third-order valence-corrected chi connectivity index (χ3v) is 3.48. The molecular weight excluding hydrogens is 288 g/mol. The molecule has 0 aliphatic heterocycles. The van der Waals surface area contributed by atoms with Crippen LogP contribution in [-0.4, -0.2) is 22.6 Å². The van der Waals surface area contributed by atoms with Crippen LogP contribution in [0, 0.1) is 0 Å². The number of rotatable bonds is 6. The van der Waals surface area contributed by atoms with Gasteiger partial charge in [-0.1, -0.05) is 41.9 Å². The summed E-state index contributed by atoms with van der Waals surface area (Å²) in [5.41, 5.74) is 1.40. The number of pyridine rings is 1. The van der Waals surface area contributed by atoms with Gasteiger partial charge in [-0.15, -0.1) is 0 Å². The molecule has 0 unspecified atom stereocenters. The number of aliphatic hydroxyl groups excluding tert-OH is 1. The van der Waals surface area contributed by atoms with Crippen LogP contribution in [0.2, 0.25) is 5.02 Å². The van der Waals surface area contributed by atoms with Gasteiger partial charge in [-0.05, 0) is 24.5 Å². The van der Waals surface area contributed by atoms with Crippen LogP contribution in [0.15, 0.2) is 48.8 Å². The number of aliphatic hydroxyl groups is 1. The summed E-state index contributed by atoms with van der Waals surface area (Å²) in [6.07, 6.45) is 4.26. The standard InChI is InChI=1S/C16H17ClN2O2/c17-14-11-18-9-8-13(14)16(21)19-15(7-4-10-20)12-5-2-1-3-6-12/h1-3,5-6,8-9,11,15,20H,4,7,10H2,(H,19,21)/t15-/m1/s1. The molecule has 0 aliphatic rings. The zero-order valence-electron chi connectivity index (χ0n) is 11.5. The number of halogens is 1. The Kier molecular flexibility index (Phi) is 5.72. The number of nitrogens with zero attached hydrogens (tertiary/aromatic N) is 1. The highest BCUT2D eigenvalue weighted by Crippen LogP contribution is 2.20. The van der Waals surface area contributed by atoms with Crippen LogP contribution in [-0.2, 0) is 0 Å². The van der Waals surface area contributed by atoms with Gasteiger partial charge in [0.2, 0.25) is 0 Å². The lowest BCUT2D eigenvalue weighted by molar-refractivity contribution is 0.0932. The Bertz CT molecular complexity index is 590. The molecule has 110 valence electrons. The highest BCUT2D eigenvalue weighted by molar-refractivity contribution is 6.33. The van der Waals surface area contributed by atoms with E-state index in [4.69, 9.17) is 16.7 Å². The number of amides is 1. The average Bonchev–Trinajstić information content (AvgIpc) is 2.52. The van der Waals surface area contributed by atoms with Crippen LogP contribution in [0.25, 0.3) is 0 Å².